The van der Waals surface area contributed by atoms with Crippen molar-refractivity contribution in [2.45, 2.75) is 50.6 Å². The van der Waals surface area contributed by atoms with Gasteiger partial charge in [-0.3, -0.25) is 4.79 Å². The van der Waals surface area contributed by atoms with Gasteiger partial charge < -0.3 is 15.4 Å². The van der Waals surface area contributed by atoms with E-state index < -0.39 is 15.8 Å². The van der Waals surface area contributed by atoms with Crippen LogP contribution < -0.4 is 5.73 Å². The van der Waals surface area contributed by atoms with E-state index in [9.17, 15) is 18.0 Å². The standard InChI is InChI=1S/C19H26N2O5S/c20-15-8-6-14(7-9-15)19(23)26-12-18(22)21(16-4-2-1-3-5-16)17-10-11-27(24,25)13-17/h6-9,16-17H,1-5,10-13,20H2/t17-/m1/s1. The molecule has 1 atom stereocenters. The third-order valence-electron chi connectivity index (χ3n) is 5.33. The average molecular weight is 394 g/mol. The number of sulfone groups is 1. The number of rotatable bonds is 5. The first kappa shape index (κ1) is 19.7. The lowest BCUT2D eigenvalue weighted by atomic mass is 9.93. The third kappa shape index (κ3) is 5.00. The van der Waals surface area contributed by atoms with Crippen molar-refractivity contribution in [1.29, 1.82) is 0 Å². The molecule has 0 aromatic heterocycles. The zero-order valence-corrected chi connectivity index (χ0v) is 16.1. The number of nitrogens with zero attached hydrogens (tertiary/aromatic N) is 1. The molecule has 0 radical (unpaired) electrons. The maximum Gasteiger partial charge on any atom is 0.338 e. The number of nitrogens with two attached hydrogens (primary N) is 1. The number of ether oxygens (including phenoxy) is 1. The first-order valence-electron chi connectivity index (χ1n) is 9.40. The van der Waals surface area contributed by atoms with Crippen molar-refractivity contribution in [2.75, 3.05) is 23.8 Å². The van der Waals surface area contributed by atoms with Crippen molar-refractivity contribution in [3.8, 4) is 0 Å². The van der Waals surface area contributed by atoms with Crippen molar-refractivity contribution in [3.05, 3.63) is 29.8 Å². The topological polar surface area (TPSA) is 107 Å². The molecule has 0 unspecified atom stereocenters. The number of amides is 1. The van der Waals surface area contributed by atoms with E-state index in [2.05, 4.69) is 0 Å². The molecule has 2 aliphatic rings. The van der Waals surface area contributed by atoms with Gasteiger partial charge >= 0.3 is 5.97 Å². The summed E-state index contributed by atoms with van der Waals surface area (Å²) in [5.74, 6) is -0.792. The predicted molar refractivity (Wildman–Crippen MR) is 102 cm³/mol. The van der Waals surface area contributed by atoms with Gasteiger partial charge in [0.1, 0.15) is 0 Å². The van der Waals surface area contributed by atoms with Crippen molar-refractivity contribution in [3.63, 3.8) is 0 Å². The van der Waals surface area contributed by atoms with Crippen LogP contribution in [0, 0.1) is 0 Å². The Bertz CT molecular complexity index is 785. The molecule has 27 heavy (non-hydrogen) atoms. The Morgan fingerprint density at radius 2 is 1.70 bits per heavy atom. The summed E-state index contributed by atoms with van der Waals surface area (Å²) in [7, 11) is -3.10. The van der Waals surface area contributed by atoms with Gasteiger partial charge in [0.25, 0.3) is 5.91 Å². The van der Waals surface area contributed by atoms with E-state index in [0.29, 0.717) is 17.7 Å². The molecule has 0 spiro atoms. The highest BCUT2D eigenvalue weighted by atomic mass is 32.2. The Balaban J connectivity index is 1.67. The Morgan fingerprint density at radius 3 is 2.30 bits per heavy atom. The van der Waals surface area contributed by atoms with Gasteiger partial charge in [-0.05, 0) is 43.5 Å². The highest BCUT2D eigenvalue weighted by Crippen LogP contribution is 2.28. The molecule has 1 heterocycles. The number of anilines is 1. The second kappa shape index (κ2) is 8.29. The van der Waals surface area contributed by atoms with Gasteiger partial charge in [-0.15, -0.1) is 0 Å². The highest BCUT2D eigenvalue weighted by Gasteiger charge is 2.38. The molecule has 7 nitrogen and oxygen atoms in total. The second-order valence-corrected chi connectivity index (χ2v) is 9.58. The van der Waals surface area contributed by atoms with Crippen molar-refractivity contribution < 1.29 is 22.7 Å². The van der Waals surface area contributed by atoms with E-state index in [1.165, 1.54) is 0 Å². The largest absolute Gasteiger partial charge is 0.452 e. The Kier molecular flexibility index (Phi) is 6.04. The summed E-state index contributed by atoms with van der Waals surface area (Å²) in [6.07, 6.45) is 5.38. The van der Waals surface area contributed by atoms with Gasteiger partial charge in [-0.2, -0.15) is 0 Å². The molecule has 1 amide bonds. The van der Waals surface area contributed by atoms with Gasteiger partial charge in [0.05, 0.1) is 17.1 Å². The summed E-state index contributed by atoms with van der Waals surface area (Å²) in [5.41, 5.74) is 6.46. The molecule has 1 aromatic rings. The molecule has 2 fully saturated rings. The highest BCUT2D eigenvalue weighted by molar-refractivity contribution is 7.91. The maximum atomic E-state index is 12.9. The van der Waals surface area contributed by atoms with Crippen molar-refractivity contribution >= 4 is 27.4 Å². The monoisotopic (exact) mass is 394 g/mol. The molecule has 148 valence electrons. The van der Waals surface area contributed by atoms with Crippen LogP contribution >= 0.6 is 0 Å². The molecule has 0 bridgehead atoms. The molecule has 3 rings (SSSR count). The fourth-order valence-corrected chi connectivity index (χ4v) is 5.68. The van der Waals surface area contributed by atoms with E-state index in [0.717, 1.165) is 32.1 Å². The van der Waals surface area contributed by atoms with E-state index in [-0.39, 0.29) is 36.1 Å². The second-order valence-electron chi connectivity index (χ2n) is 7.35. The van der Waals surface area contributed by atoms with Gasteiger partial charge in [-0.25, -0.2) is 13.2 Å². The fourth-order valence-electron chi connectivity index (χ4n) is 3.96. The summed E-state index contributed by atoms with van der Waals surface area (Å²) in [5, 5.41) is 0. The van der Waals surface area contributed by atoms with Gasteiger partial charge in [0.15, 0.2) is 16.4 Å². The van der Waals surface area contributed by atoms with Crippen LogP contribution in [0.2, 0.25) is 0 Å². The smallest absolute Gasteiger partial charge is 0.338 e. The lowest BCUT2D eigenvalue weighted by molar-refractivity contribution is -0.140. The van der Waals surface area contributed by atoms with E-state index in [4.69, 9.17) is 10.5 Å². The quantitative estimate of drug-likeness (QED) is 0.602. The molecule has 1 saturated carbocycles. The minimum absolute atomic E-state index is 0.00114. The van der Waals surface area contributed by atoms with E-state index in [1.807, 2.05) is 0 Å². The third-order valence-corrected chi connectivity index (χ3v) is 7.08. The summed E-state index contributed by atoms with van der Waals surface area (Å²) in [4.78, 5) is 26.7. The number of carbonyl (C=O) groups excluding carboxylic acids is 2. The number of esters is 1. The summed E-state index contributed by atoms with van der Waals surface area (Å²) in [6.45, 7) is -0.379. The van der Waals surface area contributed by atoms with Crippen LogP contribution in [-0.2, 0) is 19.4 Å². The Morgan fingerprint density at radius 1 is 1.04 bits per heavy atom. The molecule has 8 heteroatoms. The van der Waals surface area contributed by atoms with Crippen molar-refractivity contribution in [2.24, 2.45) is 0 Å². The van der Waals surface area contributed by atoms with Crippen LogP contribution in [-0.4, -0.2) is 55.4 Å². The minimum Gasteiger partial charge on any atom is -0.452 e. The molecular formula is C19H26N2O5S. The fraction of sp³-hybridized carbons (Fsp3) is 0.579. The first-order valence-corrected chi connectivity index (χ1v) is 11.2. The maximum absolute atomic E-state index is 12.9. The molecule has 1 aliphatic heterocycles. The zero-order chi connectivity index (χ0) is 19.4. The lowest BCUT2D eigenvalue weighted by Gasteiger charge is -2.38. The van der Waals surface area contributed by atoms with Gasteiger partial charge in [0, 0.05) is 17.8 Å². The van der Waals surface area contributed by atoms with Gasteiger partial charge in [0.2, 0.25) is 0 Å². The number of carbonyl (C=O) groups is 2. The number of hydrogen-bond acceptors (Lipinski definition) is 6. The number of hydrogen-bond donors (Lipinski definition) is 1. The zero-order valence-electron chi connectivity index (χ0n) is 15.3. The van der Waals surface area contributed by atoms with E-state index in [1.54, 1.807) is 29.2 Å². The van der Waals surface area contributed by atoms with E-state index >= 15 is 0 Å². The molecular weight excluding hydrogens is 368 g/mol. The van der Waals surface area contributed by atoms with Crippen LogP contribution in [0.5, 0.6) is 0 Å². The average Bonchev–Trinajstić information content (AvgIpc) is 3.00. The number of nitrogen functional groups attached to an aromatic ring is 1. The normalized spacial score (nSPS) is 22.3. The summed E-state index contributed by atoms with van der Waals surface area (Å²) < 4.78 is 29.0. The minimum atomic E-state index is -3.10. The summed E-state index contributed by atoms with van der Waals surface area (Å²) in [6, 6.07) is 5.99. The van der Waals surface area contributed by atoms with Gasteiger partial charge in [-0.1, -0.05) is 19.3 Å². The van der Waals surface area contributed by atoms with Crippen LogP contribution in [0.15, 0.2) is 24.3 Å². The van der Waals surface area contributed by atoms with Crippen LogP contribution in [0.4, 0.5) is 5.69 Å². The Labute approximate surface area is 159 Å². The molecule has 2 N–H and O–H groups in total. The van der Waals surface area contributed by atoms with Crippen LogP contribution in [0.25, 0.3) is 0 Å². The molecule has 1 saturated heterocycles. The first-order chi connectivity index (χ1) is 12.9. The Hall–Kier alpha value is -2.09. The lowest BCUT2D eigenvalue weighted by Crippen LogP contribution is -2.50. The van der Waals surface area contributed by atoms with Crippen LogP contribution in [0.3, 0.4) is 0 Å². The predicted octanol–water partition coefficient (Wildman–Crippen LogP) is 1.77. The molecule has 1 aromatic carbocycles. The van der Waals surface area contributed by atoms with Crippen molar-refractivity contribution in [1.82, 2.24) is 4.90 Å². The SMILES string of the molecule is Nc1ccc(C(=O)OCC(=O)N(C2CCCCC2)[C@@H]2CCS(=O)(=O)C2)cc1. The number of benzene rings is 1. The van der Waals surface area contributed by atoms with Crippen LogP contribution in [0.1, 0.15) is 48.9 Å². The molecule has 1 aliphatic carbocycles. The summed E-state index contributed by atoms with van der Waals surface area (Å²) >= 11 is 0.